The van der Waals surface area contributed by atoms with Crippen LogP contribution >= 0.6 is 0 Å². The molecule has 0 spiro atoms. The Hall–Kier alpha value is 5.24. The molecule has 0 atom stereocenters. The maximum absolute atomic E-state index is 8.61. The van der Waals surface area contributed by atoms with E-state index in [0.717, 1.165) is 0 Å². The van der Waals surface area contributed by atoms with Gasteiger partial charge in [0.05, 0.1) is 0 Å². The Morgan fingerprint density at radius 2 is 0.538 bits per heavy atom. The van der Waals surface area contributed by atoms with Crippen molar-refractivity contribution in [1.82, 2.24) is 0 Å². The van der Waals surface area contributed by atoms with Gasteiger partial charge in [-0.05, 0) is 0 Å². The van der Waals surface area contributed by atoms with E-state index in [1.165, 1.54) is 0 Å². The van der Waals surface area contributed by atoms with Crippen molar-refractivity contribution in [2.75, 3.05) is 0 Å². The van der Waals surface area contributed by atoms with Gasteiger partial charge in [-0.3, -0.25) is 0 Å². The van der Waals surface area contributed by atoms with Gasteiger partial charge < -0.3 is 0 Å². The van der Waals surface area contributed by atoms with Crippen molar-refractivity contribution in [1.29, 1.82) is 0 Å². The van der Waals surface area contributed by atoms with Crippen molar-refractivity contribution in [3.8, 4) is 0 Å². The molecule has 0 bridgehead atoms. The molecule has 0 saturated heterocycles. The van der Waals surface area contributed by atoms with Gasteiger partial charge in [-0.1, -0.05) is 0 Å². The van der Waals surface area contributed by atoms with Crippen LogP contribution in [0.3, 0.4) is 0 Å². The summed E-state index contributed by atoms with van der Waals surface area (Å²) in [4.78, 5) is 0. The van der Waals surface area contributed by atoms with Crippen LogP contribution in [-0.2, 0) is 37.4 Å². The van der Waals surface area contributed by atoms with E-state index in [0.29, 0.717) is 0 Å². The topological polar surface area (TPSA) is 172 Å². The summed E-state index contributed by atoms with van der Waals surface area (Å²) in [6.45, 7) is 0. The third kappa shape index (κ3) is 146. The molecule has 0 aromatic rings. The van der Waals surface area contributed by atoms with Gasteiger partial charge >= 0.3 is 208 Å². The third-order valence-electron chi connectivity index (χ3n) is 0. The van der Waals surface area contributed by atoms with E-state index in [4.69, 9.17) is 31.5 Å². The molecule has 0 aliphatic rings. The number of hydrogen-bond donors (Lipinski definition) is 0. The summed E-state index contributed by atoms with van der Waals surface area (Å²) in [6, 6.07) is 0. The second kappa shape index (κ2) is 15.3. The zero-order valence-corrected chi connectivity index (χ0v) is 22.4. The molecule has 0 aliphatic heterocycles. The zero-order valence-electron chi connectivity index (χ0n) is 6.28. The minimum atomic E-state index is -5.88. The maximum atomic E-state index is 8.61. The molecule has 0 aromatic carbocycles. The van der Waals surface area contributed by atoms with Crippen molar-refractivity contribution >= 4 is 147 Å². The van der Waals surface area contributed by atoms with E-state index in [1.807, 2.05) is 0 Å². The first-order valence-electron chi connectivity index (χ1n) is 1.46. The fourth-order valence-electron chi connectivity index (χ4n) is 0. The van der Waals surface area contributed by atoms with E-state index < -0.39 is 30.0 Å². The van der Waals surface area contributed by atoms with Crippen LogP contribution in [0.15, 0.2) is 0 Å². The van der Waals surface area contributed by atoms with E-state index in [1.54, 1.807) is 0 Å². The fourth-order valence-corrected chi connectivity index (χ4v) is 0. The molecular weight excluding hydrogens is 642 g/mol. The van der Waals surface area contributed by atoms with Gasteiger partial charge in [-0.15, -0.1) is 0 Å². The molecular formula is Ba3O8V2. The summed E-state index contributed by atoms with van der Waals surface area (Å²) in [6.07, 6.45) is 0. The van der Waals surface area contributed by atoms with Gasteiger partial charge in [0.2, 0.25) is 0 Å². The second-order valence-corrected chi connectivity index (χ2v) is 3.69. The van der Waals surface area contributed by atoms with Gasteiger partial charge in [-0.25, -0.2) is 0 Å². The van der Waals surface area contributed by atoms with Crippen LogP contribution in [-0.4, -0.2) is 147 Å². The molecule has 0 amide bonds. The predicted molar refractivity (Wildman–Crippen MR) is 18.6 cm³/mol. The Kier molecular flexibility index (Phi) is 36.4. The summed E-state index contributed by atoms with van der Waals surface area (Å²) in [5.74, 6) is 0. The minimum absolute atomic E-state index is 0. The van der Waals surface area contributed by atoms with E-state index in [-0.39, 0.29) is 147 Å². The van der Waals surface area contributed by atoms with Crippen molar-refractivity contribution < 1.29 is 61.6 Å². The third-order valence-corrected chi connectivity index (χ3v) is 0. The summed E-state index contributed by atoms with van der Waals surface area (Å²) < 4.78 is 68.9. The van der Waals surface area contributed by atoms with E-state index in [2.05, 4.69) is 0 Å². The molecule has 0 radical (unpaired) electrons. The second-order valence-electron chi connectivity index (χ2n) is 0.894. The molecule has 8 nitrogen and oxygen atoms in total. The number of hydrogen-bond acceptors (Lipinski definition) is 8. The molecule has 64 valence electrons. The van der Waals surface area contributed by atoms with Crippen molar-refractivity contribution in [3.63, 3.8) is 0 Å². The SMILES string of the molecule is [Ba+2].[Ba+2].[Ba+2].[O]=[V]([O-])([O-])[O-].[O]=[V]([O-])([O-])[O-]. The molecule has 0 N–H and O–H groups in total. The fraction of sp³-hybridized carbons (Fsp3) is 0. The van der Waals surface area contributed by atoms with Gasteiger partial charge in [-0.2, -0.15) is 0 Å². The van der Waals surface area contributed by atoms with Crippen molar-refractivity contribution in [2.24, 2.45) is 0 Å². The zero-order chi connectivity index (χ0) is 9.00. The van der Waals surface area contributed by atoms with Crippen LogP contribution in [0, 0.1) is 0 Å². The van der Waals surface area contributed by atoms with Crippen molar-refractivity contribution in [3.05, 3.63) is 0 Å². The van der Waals surface area contributed by atoms with Crippen LogP contribution in [0.25, 0.3) is 0 Å². The molecule has 0 aliphatic carbocycles. The van der Waals surface area contributed by atoms with Crippen LogP contribution in [0.4, 0.5) is 0 Å². The Bertz CT molecular complexity index is 130. The van der Waals surface area contributed by atoms with Crippen LogP contribution in [0.2, 0.25) is 0 Å². The average molecular weight is 642 g/mol. The molecule has 0 rings (SSSR count). The Balaban J connectivity index is -0.0000000267. The predicted octanol–water partition coefficient (Wildman–Crippen LogP) is -8.52. The summed E-state index contributed by atoms with van der Waals surface area (Å²) in [7, 11) is 0. The first kappa shape index (κ1) is 30.9. The van der Waals surface area contributed by atoms with Gasteiger partial charge in [0.1, 0.15) is 0 Å². The quantitative estimate of drug-likeness (QED) is 0.235. The Labute approximate surface area is 202 Å². The van der Waals surface area contributed by atoms with Crippen LogP contribution in [0.1, 0.15) is 0 Å². The van der Waals surface area contributed by atoms with Gasteiger partial charge in [0.15, 0.2) is 0 Å². The number of rotatable bonds is 0. The molecule has 13 heteroatoms. The van der Waals surface area contributed by atoms with E-state index >= 15 is 0 Å². The first-order chi connectivity index (χ1) is 4.00. The molecule has 0 unspecified atom stereocenters. The molecule has 13 heavy (non-hydrogen) atoms. The van der Waals surface area contributed by atoms with Gasteiger partial charge in [0, 0.05) is 0 Å². The monoisotopic (exact) mass is 644 g/mol. The van der Waals surface area contributed by atoms with Crippen LogP contribution in [0.5, 0.6) is 0 Å². The average Bonchev–Trinajstić information content (AvgIpc) is 1.12. The van der Waals surface area contributed by atoms with E-state index in [9.17, 15) is 0 Å². The molecule has 0 aromatic heterocycles. The van der Waals surface area contributed by atoms with Crippen molar-refractivity contribution in [2.45, 2.75) is 0 Å². The summed E-state index contributed by atoms with van der Waals surface area (Å²) in [5, 5.41) is 0. The molecule has 0 fully saturated rings. The summed E-state index contributed by atoms with van der Waals surface area (Å²) in [5.41, 5.74) is 0. The normalized spacial score (nSPS) is 9.08. The standard InChI is InChI=1S/3Ba.8O.2V/q3*+2;;;6*-1;;. The van der Waals surface area contributed by atoms with Crippen LogP contribution < -0.4 is 24.2 Å². The molecule has 0 saturated carbocycles. The summed E-state index contributed by atoms with van der Waals surface area (Å²) >= 11 is -11.8. The first-order valence-corrected chi connectivity index (χ1v) is 6.02. The van der Waals surface area contributed by atoms with Gasteiger partial charge in [0.25, 0.3) is 0 Å². The molecule has 0 heterocycles. The Morgan fingerprint density at radius 3 is 0.538 bits per heavy atom. The Morgan fingerprint density at radius 1 is 0.538 bits per heavy atom.